The third-order valence-corrected chi connectivity index (χ3v) is 4.37. The second kappa shape index (κ2) is 6.06. The molecule has 7 heteroatoms. The van der Waals surface area contributed by atoms with E-state index in [0.29, 0.717) is 18.8 Å². The Morgan fingerprint density at radius 2 is 2.05 bits per heavy atom. The average Bonchev–Trinajstić information content (AvgIpc) is 2.41. The first-order valence-electron chi connectivity index (χ1n) is 6.37. The van der Waals surface area contributed by atoms with Crippen LogP contribution in [0.25, 0.3) is 10.8 Å². The van der Waals surface area contributed by atoms with E-state index in [2.05, 4.69) is 15.0 Å². The third kappa shape index (κ3) is 3.37. The summed E-state index contributed by atoms with van der Waals surface area (Å²) in [4.78, 5) is 4.05. The van der Waals surface area contributed by atoms with Crippen molar-refractivity contribution in [2.45, 2.75) is 6.92 Å². The molecule has 0 atom stereocenters. The van der Waals surface area contributed by atoms with Gasteiger partial charge in [-0.15, -0.1) is 0 Å². The molecule has 108 valence electrons. The second-order valence-corrected chi connectivity index (χ2v) is 6.29. The number of hydrogen-bond acceptors (Lipinski definition) is 5. The molecule has 1 aromatic carbocycles. The average molecular weight is 294 g/mol. The standard InChI is InChI=1S/C13H18N4O2S/c1-2-17-20(18,19)8-7-16-13-4-3-12(14)11-9-15-6-5-10(11)13/h3-6,9,16-17H,2,7-8,14H2,1H3. The van der Waals surface area contributed by atoms with E-state index in [0.717, 1.165) is 16.5 Å². The molecule has 2 aromatic rings. The number of nitrogens with zero attached hydrogens (tertiary/aromatic N) is 1. The molecular formula is C13H18N4O2S. The lowest BCUT2D eigenvalue weighted by Crippen LogP contribution is -2.29. The Hall–Kier alpha value is -1.86. The molecule has 0 bridgehead atoms. The van der Waals surface area contributed by atoms with E-state index in [1.807, 2.05) is 12.1 Å². The fourth-order valence-corrected chi connectivity index (χ4v) is 2.93. The van der Waals surface area contributed by atoms with Gasteiger partial charge in [0.05, 0.1) is 5.75 Å². The predicted octanol–water partition coefficient (Wildman–Crippen LogP) is 1.17. The Balaban J connectivity index is 2.13. The van der Waals surface area contributed by atoms with Gasteiger partial charge in [-0.05, 0) is 18.2 Å². The number of anilines is 2. The highest BCUT2D eigenvalue weighted by Crippen LogP contribution is 2.27. The molecule has 0 aliphatic rings. The van der Waals surface area contributed by atoms with Crippen LogP contribution in [-0.4, -0.2) is 32.2 Å². The zero-order valence-corrected chi connectivity index (χ0v) is 12.1. The number of aromatic nitrogens is 1. The topological polar surface area (TPSA) is 97.1 Å². The van der Waals surface area contributed by atoms with Crippen LogP contribution >= 0.6 is 0 Å². The van der Waals surface area contributed by atoms with E-state index in [1.54, 1.807) is 25.4 Å². The van der Waals surface area contributed by atoms with Crippen molar-refractivity contribution in [3.8, 4) is 0 Å². The van der Waals surface area contributed by atoms with E-state index in [9.17, 15) is 8.42 Å². The van der Waals surface area contributed by atoms with E-state index in [-0.39, 0.29) is 5.75 Å². The fraction of sp³-hybridized carbons (Fsp3) is 0.308. The molecule has 0 aliphatic heterocycles. The minimum Gasteiger partial charge on any atom is -0.398 e. The van der Waals surface area contributed by atoms with Crippen LogP contribution in [0.5, 0.6) is 0 Å². The molecule has 0 saturated carbocycles. The summed E-state index contributed by atoms with van der Waals surface area (Å²) in [5.74, 6) is 0.0256. The molecule has 0 unspecified atom stereocenters. The largest absolute Gasteiger partial charge is 0.398 e. The summed E-state index contributed by atoms with van der Waals surface area (Å²) < 4.78 is 25.6. The number of rotatable bonds is 6. The Morgan fingerprint density at radius 3 is 2.80 bits per heavy atom. The van der Waals surface area contributed by atoms with Gasteiger partial charge in [0.1, 0.15) is 0 Å². The molecule has 0 radical (unpaired) electrons. The molecule has 0 saturated heterocycles. The lowest BCUT2D eigenvalue weighted by Gasteiger charge is -2.11. The van der Waals surface area contributed by atoms with Gasteiger partial charge in [0.2, 0.25) is 10.0 Å². The number of sulfonamides is 1. The summed E-state index contributed by atoms with van der Waals surface area (Å²) in [6, 6.07) is 5.48. The van der Waals surface area contributed by atoms with E-state index in [4.69, 9.17) is 5.73 Å². The van der Waals surface area contributed by atoms with Crippen LogP contribution in [0.4, 0.5) is 11.4 Å². The van der Waals surface area contributed by atoms with Crippen LogP contribution < -0.4 is 15.8 Å². The van der Waals surface area contributed by atoms with Crippen molar-refractivity contribution in [1.29, 1.82) is 0 Å². The number of nitrogen functional groups attached to an aromatic ring is 1. The summed E-state index contributed by atoms with van der Waals surface area (Å²) in [6.45, 7) is 2.49. The van der Waals surface area contributed by atoms with Gasteiger partial charge >= 0.3 is 0 Å². The zero-order chi connectivity index (χ0) is 14.6. The lowest BCUT2D eigenvalue weighted by atomic mass is 10.1. The Morgan fingerprint density at radius 1 is 1.25 bits per heavy atom. The minimum absolute atomic E-state index is 0.0256. The number of benzene rings is 1. The molecule has 0 aliphatic carbocycles. The maximum Gasteiger partial charge on any atom is 0.213 e. The first-order valence-corrected chi connectivity index (χ1v) is 8.02. The quantitative estimate of drug-likeness (QED) is 0.695. The van der Waals surface area contributed by atoms with Crippen LogP contribution in [0.1, 0.15) is 6.92 Å². The van der Waals surface area contributed by atoms with Crippen LogP contribution in [0, 0.1) is 0 Å². The van der Waals surface area contributed by atoms with Crippen LogP contribution in [0.2, 0.25) is 0 Å². The van der Waals surface area contributed by atoms with E-state index < -0.39 is 10.0 Å². The van der Waals surface area contributed by atoms with Gasteiger partial charge in [0, 0.05) is 47.6 Å². The zero-order valence-electron chi connectivity index (χ0n) is 11.3. The molecule has 0 amide bonds. The van der Waals surface area contributed by atoms with Gasteiger partial charge in [0.15, 0.2) is 0 Å². The molecule has 2 rings (SSSR count). The Kier molecular flexibility index (Phi) is 4.41. The number of nitrogens with one attached hydrogen (secondary N) is 2. The summed E-state index contributed by atoms with van der Waals surface area (Å²) in [6.07, 6.45) is 3.38. The summed E-state index contributed by atoms with van der Waals surface area (Å²) >= 11 is 0. The van der Waals surface area contributed by atoms with Crippen molar-refractivity contribution in [2.24, 2.45) is 0 Å². The molecule has 4 N–H and O–H groups in total. The van der Waals surface area contributed by atoms with E-state index >= 15 is 0 Å². The van der Waals surface area contributed by atoms with Crippen molar-refractivity contribution in [2.75, 3.05) is 29.9 Å². The van der Waals surface area contributed by atoms with Gasteiger partial charge in [-0.25, -0.2) is 13.1 Å². The van der Waals surface area contributed by atoms with Crippen molar-refractivity contribution in [3.05, 3.63) is 30.6 Å². The first kappa shape index (κ1) is 14.5. The van der Waals surface area contributed by atoms with Crippen molar-refractivity contribution < 1.29 is 8.42 Å². The van der Waals surface area contributed by atoms with Crippen molar-refractivity contribution in [1.82, 2.24) is 9.71 Å². The molecule has 1 heterocycles. The molecule has 0 spiro atoms. The predicted molar refractivity (Wildman–Crippen MR) is 82.1 cm³/mol. The lowest BCUT2D eigenvalue weighted by molar-refractivity contribution is 0.584. The van der Waals surface area contributed by atoms with Gasteiger partial charge < -0.3 is 11.1 Å². The van der Waals surface area contributed by atoms with Crippen LogP contribution in [0.3, 0.4) is 0 Å². The SMILES string of the molecule is CCNS(=O)(=O)CCNc1ccc(N)c2cnccc12. The minimum atomic E-state index is -3.21. The normalized spacial score (nSPS) is 11.7. The number of nitrogens with two attached hydrogens (primary N) is 1. The molecule has 0 fully saturated rings. The highest BCUT2D eigenvalue weighted by Gasteiger charge is 2.09. The Bertz CT molecular complexity index is 701. The van der Waals surface area contributed by atoms with Crippen molar-refractivity contribution in [3.63, 3.8) is 0 Å². The smallest absolute Gasteiger partial charge is 0.213 e. The summed E-state index contributed by atoms with van der Waals surface area (Å²) in [5, 5.41) is 4.91. The van der Waals surface area contributed by atoms with Gasteiger partial charge in [-0.1, -0.05) is 6.92 Å². The van der Waals surface area contributed by atoms with Crippen LogP contribution in [-0.2, 0) is 10.0 Å². The fourth-order valence-electron chi connectivity index (χ4n) is 1.98. The van der Waals surface area contributed by atoms with Gasteiger partial charge in [-0.3, -0.25) is 4.98 Å². The third-order valence-electron chi connectivity index (χ3n) is 2.90. The maximum absolute atomic E-state index is 11.6. The summed E-state index contributed by atoms with van der Waals surface area (Å²) in [7, 11) is -3.21. The van der Waals surface area contributed by atoms with Crippen molar-refractivity contribution >= 4 is 32.2 Å². The number of hydrogen-bond donors (Lipinski definition) is 3. The van der Waals surface area contributed by atoms with Gasteiger partial charge in [0.25, 0.3) is 0 Å². The monoisotopic (exact) mass is 294 g/mol. The molecule has 20 heavy (non-hydrogen) atoms. The first-order chi connectivity index (χ1) is 9.53. The molecule has 6 nitrogen and oxygen atoms in total. The number of fused-ring (bicyclic) bond motifs is 1. The summed E-state index contributed by atoms with van der Waals surface area (Å²) in [5.41, 5.74) is 7.39. The van der Waals surface area contributed by atoms with Crippen LogP contribution in [0.15, 0.2) is 30.6 Å². The number of pyridine rings is 1. The van der Waals surface area contributed by atoms with E-state index in [1.165, 1.54) is 0 Å². The molecular weight excluding hydrogens is 276 g/mol. The van der Waals surface area contributed by atoms with Gasteiger partial charge in [-0.2, -0.15) is 0 Å². The molecule has 1 aromatic heterocycles. The second-order valence-electron chi connectivity index (χ2n) is 4.37. The highest BCUT2D eigenvalue weighted by molar-refractivity contribution is 7.89. The highest BCUT2D eigenvalue weighted by atomic mass is 32.2. The maximum atomic E-state index is 11.6. The Labute approximate surface area is 118 Å².